The number of nitrogens with one attached hydrogen (secondary N) is 1. The smallest absolute Gasteiger partial charge is 0.191 e. The van der Waals surface area contributed by atoms with E-state index in [-0.39, 0.29) is 0 Å². The molecule has 0 saturated heterocycles. The van der Waals surface area contributed by atoms with Crippen molar-refractivity contribution in [3.8, 4) is 10.7 Å². The maximum atomic E-state index is 4.66. The van der Waals surface area contributed by atoms with Crippen LogP contribution in [0.3, 0.4) is 0 Å². The summed E-state index contributed by atoms with van der Waals surface area (Å²) >= 11 is 1.76. The molecule has 0 aliphatic heterocycles. The molecule has 0 bridgehead atoms. The van der Waals surface area contributed by atoms with Crippen LogP contribution in [0.2, 0.25) is 0 Å². The lowest BCUT2D eigenvalue weighted by molar-refractivity contribution is 0.429. The van der Waals surface area contributed by atoms with Crippen LogP contribution in [0.1, 0.15) is 48.7 Å². The third-order valence-electron chi connectivity index (χ3n) is 3.46. The van der Waals surface area contributed by atoms with Gasteiger partial charge in [-0.1, -0.05) is 19.3 Å². The summed E-state index contributed by atoms with van der Waals surface area (Å²) in [5.41, 5.74) is 0. The molecular formula is C13H17N3S. The van der Waals surface area contributed by atoms with Gasteiger partial charge in [0.15, 0.2) is 5.82 Å². The molecule has 1 aliphatic carbocycles. The van der Waals surface area contributed by atoms with Crippen molar-refractivity contribution in [2.24, 2.45) is 0 Å². The third-order valence-corrected chi connectivity index (χ3v) is 4.45. The molecule has 1 N–H and O–H groups in total. The Bertz CT molecular complexity index is 494. The monoisotopic (exact) mass is 247 g/mol. The molecule has 1 fully saturated rings. The quantitative estimate of drug-likeness (QED) is 0.874. The third kappa shape index (κ3) is 2.27. The number of aromatic amines is 1. The Labute approximate surface area is 105 Å². The average Bonchev–Trinajstić information content (AvgIpc) is 2.98. The Morgan fingerprint density at radius 3 is 2.76 bits per heavy atom. The van der Waals surface area contributed by atoms with Crippen LogP contribution in [-0.2, 0) is 0 Å². The minimum absolute atomic E-state index is 0.603. The first-order valence-electron chi connectivity index (χ1n) is 6.32. The molecule has 0 aromatic carbocycles. The summed E-state index contributed by atoms with van der Waals surface area (Å²) in [4.78, 5) is 7.14. The Hall–Kier alpha value is -1.16. The summed E-state index contributed by atoms with van der Waals surface area (Å²) in [5.74, 6) is 2.56. The Balaban J connectivity index is 1.82. The van der Waals surface area contributed by atoms with Crippen molar-refractivity contribution in [2.45, 2.75) is 44.9 Å². The maximum Gasteiger partial charge on any atom is 0.191 e. The van der Waals surface area contributed by atoms with E-state index in [1.165, 1.54) is 41.9 Å². The molecule has 1 aliphatic rings. The molecule has 0 radical (unpaired) electrons. The van der Waals surface area contributed by atoms with Gasteiger partial charge in [0.1, 0.15) is 5.82 Å². The second kappa shape index (κ2) is 4.61. The van der Waals surface area contributed by atoms with Gasteiger partial charge >= 0.3 is 0 Å². The van der Waals surface area contributed by atoms with Crippen molar-refractivity contribution in [1.82, 2.24) is 15.2 Å². The molecule has 3 rings (SSSR count). The van der Waals surface area contributed by atoms with Gasteiger partial charge in [0.2, 0.25) is 0 Å². The number of aryl methyl sites for hydroxylation is 1. The summed E-state index contributed by atoms with van der Waals surface area (Å²) in [6.45, 7) is 2.11. The zero-order valence-electron chi connectivity index (χ0n) is 10.1. The van der Waals surface area contributed by atoms with Crippen LogP contribution in [0.25, 0.3) is 10.7 Å². The maximum absolute atomic E-state index is 4.66. The number of aromatic nitrogens is 3. The van der Waals surface area contributed by atoms with E-state index in [0.29, 0.717) is 5.92 Å². The lowest BCUT2D eigenvalue weighted by Gasteiger charge is -2.18. The highest BCUT2D eigenvalue weighted by molar-refractivity contribution is 7.15. The summed E-state index contributed by atoms with van der Waals surface area (Å²) < 4.78 is 0. The molecule has 4 heteroatoms. The summed E-state index contributed by atoms with van der Waals surface area (Å²) in [6.07, 6.45) is 6.56. The van der Waals surface area contributed by atoms with Gasteiger partial charge in [0.05, 0.1) is 4.88 Å². The van der Waals surface area contributed by atoms with Crippen molar-refractivity contribution in [3.63, 3.8) is 0 Å². The fourth-order valence-corrected chi connectivity index (χ4v) is 3.30. The molecule has 0 amide bonds. The van der Waals surface area contributed by atoms with E-state index in [2.05, 4.69) is 34.2 Å². The van der Waals surface area contributed by atoms with Gasteiger partial charge in [-0.25, -0.2) is 4.98 Å². The summed E-state index contributed by atoms with van der Waals surface area (Å²) in [7, 11) is 0. The molecule has 1 saturated carbocycles. The molecule has 0 atom stereocenters. The highest BCUT2D eigenvalue weighted by Crippen LogP contribution is 2.32. The van der Waals surface area contributed by atoms with E-state index in [4.69, 9.17) is 0 Å². The predicted octanol–water partition coefficient (Wildman–Crippen LogP) is 3.89. The van der Waals surface area contributed by atoms with Crippen molar-refractivity contribution >= 4 is 11.3 Å². The largest absolute Gasteiger partial charge is 0.262 e. The highest BCUT2D eigenvalue weighted by atomic mass is 32.1. The molecule has 17 heavy (non-hydrogen) atoms. The fourth-order valence-electron chi connectivity index (χ4n) is 2.50. The van der Waals surface area contributed by atoms with Crippen molar-refractivity contribution in [3.05, 3.63) is 22.8 Å². The first kappa shape index (κ1) is 11.0. The number of hydrogen-bond acceptors (Lipinski definition) is 3. The van der Waals surface area contributed by atoms with Crippen molar-refractivity contribution in [2.75, 3.05) is 0 Å². The van der Waals surface area contributed by atoms with Gasteiger partial charge in [0.25, 0.3) is 0 Å². The van der Waals surface area contributed by atoms with E-state index in [0.717, 1.165) is 11.6 Å². The van der Waals surface area contributed by atoms with Crippen LogP contribution in [0, 0.1) is 6.92 Å². The first-order valence-corrected chi connectivity index (χ1v) is 7.14. The zero-order chi connectivity index (χ0) is 11.7. The van der Waals surface area contributed by atoms with E-state index in [9.17, 15) is 0 Å². The molecule has 2 heterocycles. The number of H-pyrrole nitrogens is 1. The van der Waals surface area contributed by atoms with Crippen LogP contribution in [-0.4, -0.2) is 15.2 Å². The van der Waals surface area contributed by atoms with E-state index in [1.54, 1.807) is 11.3 Å². The van der Waals surface area contributed by atoms with Gasteiger partial charge < -0.3 is 0 Å². The van der Waals surface area contributed by atoms with Crippen LogP contribution in [0.15, 0.2) is 12.1 Å². The predicted molar refractivity (Wildman–Crippen MR) is 70.3 cm³/mol. The van der Waals surface area contributed by atoms with Gasteiger partial charge in [-0.3, -0.25) is 5.10 Å². The minimum atomic E-state index is 0.603. The molecule has 3 nitrogen and oxygen atoms in total. The van der Waals surface area contributed by atoms with Gasteiger partial charge in [-0.2, -0.15) is 5.10 Å². The standard InChI is InChI=1S/C13H17N3S/c1-9-7-8-11(17-9)13-14-12(15-16-13)10-5-3-2-4-6-10/h7-8,10H,2-6H2,1H3,(H,14,15,16). The highest BCUT2D eigenvalue weighted by Gasteiger charge is 2.19. The van der Waals surface area contributed by atoms with Crippen LogP contribution >= 0.6 is 11.3 Å². The Morgan fingerprint density at radius 1 is 1.24 bits per heavy atom. The summed E-state index contributed by atoms with van der Waals surface area (Å²) in [5, 5.41) is 7.48. The van der Waals surface area contributed by atoms with Crippen LogP contribution < -0.4 is 0 Å². The minimum Gasteiger partial charge on any atom is -0.262 e. The topological polar surface area (TPSA) is 41.6 Å². The number of nitrogens with zero attached hydrogens (tertiary/aromatic N) is 2. The van der Waals surface area contributed by atoms with E-state index >= 15 is 0 Å². The molecule has 0 spiro atoms. The lowest BCUT2D eigenvalue weighted by atomic mass is 9.89. The van der Waals surface area contributed by atoms with Gasteiger partial charge in [-0.05, 0) is 31.9 Å². The van der Waals surface area contributed by atoms with Crippen molar-refractivity contribution < 1.29 is 0 Å². The second-order valence-corrected chi connectivity index (χ2v) is 6.08. The zero-order valence-corrected chi connectivity index (χ0v) is 10.9. The normalized spacial score (nSPS) is 17.5. The fraction of sp³-hybridized carbons (Fsp3) is 0.538. The Morgan fingerprint density at radius 2 is 2.06 bits per heavy atom. The number of rotatable bonds is 2. The average molecular weight is 247 g/mol. The first-order chi connectivity index (χ1) is 8.33. The number of thiophene rings is 1. The van der Waals surface area contributed by atoms with Crippen molar-refractivity contribution in [1.29, 1.82) is 0 Å². The number of hydrogen-bond donors (Lipinski definition) is 1. The van der Waals surface area contributed by atoms with E-state index in [1.807, 2.05) is 0 Å². The lowest BCUT2D eigenvalue weighted by Crippen LogP contribution is -2.06. The molecule has 0 unspecified atom stereocenters. The van der Waals surface area contributed by atoms with E-state index < -0.39 is 0 Å². The van der Waals surface area contributed by atoms with Gasteiger partial charge in [-0.15, -0.1) is 11.3 Å². The van der Waals surface area contributed by atoms with Gasteiger partial charge in [0, 0.05) is 10.8 Å². The van der Waals surface area contributed by atoms with Crippen LogP contribution in [0.4, 0.5) is 0 Å². The molecule has 90 valence electrons. The SMILES string of the molecule is Cc1ccc(-c2n[nH]c(C3CCCCC3)n2)s1. The molecular weight excluding hydrogens is 230 g/mol. The second-order valence-electron chi connectivity index (χ2n) is 4.79. The molecule has 2 aromatic heterocycles. The van der Waals surface area contributed by atoms with Crippen LogP contribution in [0.5, 0.6) is 0 Å². The summed E-state index contributed by atoms with van der Waals surface area (Å²) in [6, 6.07) is 4.23. The Kier molecular flexibility index (Phi) is 2.97. The molecule has 2 aromatic rings.